The minimum atomic E-state index is -0.596. The van der Waals surface area contributed by atoms with Crippen LogP contribution < -0.4 is 21.3 Å². The van der Waals surface area contributed by atoms with Crippen molar-refractivity contribution < 1.29 is 14.4 Å². The quantitative estimate of drug-likeness (QED) is 0.687. The Morgan fingerprint density at radius 1 is 1.36 bits per heavy atom. The summed E-state index contributed by atoms with van der Waals surface area (Å²) in [6.07, 6.45) is 0.502. The molecule has 1 aliphatic rings. The number of hydrogen-bond donors (Lipinski definition) is 3. The van der Waals surface area contributed by atoms with E-state index < -0.39 is 17.9 Å². The van der Waals surface area contributed by atoms with E-state index >= 15 is 0 Å². The molecular formula is C14H17ClN4O3. The summed E-state index contributed by atoms with van der Waals surface area (Å²) >= 11 is 5.92. The molecule has 1 aromatic carbocycles. The van der Waals surface area contributed by atoms with E-state index in [1.54, 1.807) is 29.2 Å². The van der Waals surface area contributed by atoms with Crippen LogP contribution in [0.25, 0.3) is 0 Å². The molecule has 0 radical (unpaired) electrons. The summed E-state index contributed by atoms with van der Waals surface area (Å²) in [6, 6.07) is 6.38. The van der Waals surface area contributed by atoms with Crippen molar-refractivity contribution in [3.63, 3.8) is 0 Å². The Hall–Kier alpha value is -2.12. The Kier molecular flexibility index (Phi) is 5.35. The lowest BCUT2D eigenvalue weighted by atomic mass is 10.2. The Morgan fingerprint density at radius 3 is 2.82 bits per heavy atom. The van der Waals surface area contributed by atoms with E-state index in [0.29, 0.717) is 23.7 Å². The fourth-order valence-corrected chi connectivity index (χ4v) is 2.40. The van der Waals surface area contributed by atoms with Gasteiger partial charge in [0.25, 0.3) is 0 Å². The molecule has 0 aromatic heterocycles. The summed E-state index contributed by atoms with van der Waals surface area (Å²) < 4.78 is 0. The third-order valence-electron chi connectivity index (χ3n) is 3.29. The lowest BCUT2D eigenvalue weighted by Gasteiger charge is -2.17. The van der Waals surface area contributed by atoms with E-state index in [-0.39, 0.29) is 19.0 Å². The van der Waals surface area contributed by atoms with Crippen LogP contribution in [-0.4, -0.2) is 43.4 Å². The smallest absolute Gasteiger partial charge is 0.249 e. The Morgan fingerprint density at radius 2 is 2.14 bits per heavy atom. The predicted octanol–water partition coefficient (Wildman–Crippen LogP) is -0.364. The lowest BCUT2D eigenvalue weighted by molar-refractivity contribution is -0.127. The summed E-state index contributed by atoms with van der Waals surface area (Å²) in [7, 11) is 0. The van der Waals surface area contributed by atoms with Crippen LogP contribution in [0.1, 0.15) is 6.42 Å². The van der Waals surface area contributed by atoms with Gasteiger partial charge in [-0.3, -0.25) is 14.4 Å². The van der Waals surface area contributed by atoms with Crippen molar-refractivity contribution in [2.45, 2.75) is 12.5 Å². The Balaban J connectivity index is 1.91. The molecule has 1 heterocycles. The fourth-order valence-electron chi connectivity index (χ4n) is 2.21. The Bertz CT molecular complexity index is 593. The van der Waals surface area contributed by atoms with Crippen molar-refractivity contribution in [1.82, 2.24) is 10.6 Å². The zero-order valence-electron chi connectivity index (χ0n) is 11.8. The van der Waals surface area contributed by atoms with Crippen LogP contribution in [0.5, 0.6) is 0 Å². The molecule has 22 heavy (non-hydrogen) atoms. The average Bonchev–Trinajstić information content (AvgIpc) is 2.86. The van der Waals surface area contributed by atoms with Crippen LogP contribution in [0.15, 0.2) is 24.3 Å². The Labute approximate surface area is 132 Å². The summed E-state index contributed by atoms with van der Waals surface area (Å²) in [4.78, 5) is 36.6. The first-order valence-electron chi connectivity index (χ1n) is 6.84. The van der Waals surface area contributed by atoms with Gasteiger partial charge < -0.3 is 21.3 Å². The lowest BCUT2D eigenvalue weighted by Crippen LogP contribution is -2.46. The van der Waals surface area contributed by atoms with Crippen LogP contribution in [0.4, 0.5) is 5.69 Å². The molecule has 0 aliphatic carbocycles. The zero-order valence-corrected chi connectivity index (χ0v) is 12.6. The molecule has 0 spiro atoms. The molecule has 118 valence electrons. The highest BCUT2D eigenvalue weighted by molar-refractivity contribution is 6.31. The molecule has 8 heteroatoms. The number of rotatable bonds is 5. The summed E-state index contributed by atoms with van der Waals surface area (Å²) in [5, 5.41) is 5.50. The van der Waals surface area contributed by atoms with Crippen LogP contribution in [0.3, 0.4) is 0 Å². The van der Waals surface area contributed by atoms with Gasteiger partial charge in [0.05, 0.1) is 13.1 Å². The number of nitrogens with zero attached hydrogens (tertiary/aromatic N) is 1. The molecule has 1 aromatic rings. The minimum absolute atomic E-state index is 0.182. The number of hydrogen-bond acceptors (Lipinski definition) is 4. The van der Waals surface area contributed by atoms with Gasteiger partial charge in [-0.2, -0.15) is 0 Å². The van der Waals surface area contributed by atoms with E-state index in [1.807, 2.05) is 0 Å². The number of anilines is 1. The maximum atomic E-state index is 12.3. The summed E-state index contributed by atoms with van der Waals surface area (Å²) in [5.41, 5.74) is 5.82. The first-order valence-corrected chi connectivity index (χ1v) is 7.22. The second-order valence-electron chi connectivity index (χ2n) is 4.86. The number of carbonyl (C=O) groups excluding carboxylic acids is 3. The number of carbonyl (C=O) groups is 3. The van der Waals surface area contributed by atoms with Gasteiger partial charge in [0.15, 0.2) is 0 Å². The van der Waals surface area contributed by atoms with Crippen LogP contribution in [-0.2, 0) is 14.4 Å². The van der Waals surface area contributed by atoms with Gasteiger partial charge in [0, 0.05) is 17.3 Å². The fraction of sp³-hybridized carbons (Fsp3) is 0.357. The van der Waals surface area contributed by atoms with Gasteiger partial charge in [-0.15, -0.1) is 0 Å². The normalized spacial score (nSPS) is 17.5. The van der Waals surface area contributed by atoms with E-state index in [0.717, 1.165) is 0 Å². The van der Waals surface area contributed by atoms with E-state index in [1.165, 1.54) is 0 Å². The van der Waals surface area contributed by atoms with Crippen molar-refractivity contribution in [2.24, 2.45) is 5.73 Å². The van der Waals surface area contributed by atoms with Gasteiger partial charge in [0.1, 0.15) is 6.04 Å². The standard InChI is InChI=1S/C14H17ClN4O3/c15-9-2-1-3-10(6-9)19-5-4-11(14(19)22)18-13(21)8-17-12(20)7-16/h1-3,6,11H,4-5,7-8,16H2,(H,17,20)(H,18,21). The van der Waals surface area contributed by atoms with Crippen LogP contribution >= 0.6 is 11.6 Å². The van der Waals surface area contributed by atoms with E-state index in [4.69, 9.17) is 17.3 Å². The second kappa shape index (κ2) is 7.24. The monoisotopic (exact) mass is 324 g/mol. The molecule has 3 amide bonds. The number of nitrogens with two attached hydrogens (primary N) is 1. The molecular weight excluding hydrogens is 308 g/mol. The molecule has 2 rings (SSSR count). The SMILES string of the molecule is NCC(=O)NCC(=O)NC1CCN(c2cccc(Cl)c2)C1=O. The molecule has 1 fully saturated rings. The average molecular weight is 325 g/mol. The van der Waals surface area contributed by atoms with Gasteiger partial charge >= 0.3 is 0 Å². The predicted molar refractivity (Wildman–Crippen MR) is 82.4 cm³/mol. The summed E-state index contributed by atoms with van der Waals surface area (Å²) in [6.45, 7) is 0.119. The van der Waals surface area contributed by atoms with Gasteiger partial charge in [-0.05, 0) is 24.6 Å². The number of nitrogens with one attached hydrogen (secondary N) is 2. The number of halogens is 1. The summed E-state index contributed by atoms with van der Waals surface area (Å²) in [5.74, 6) is -1.04. The molecule has 4 N–H and O–H groups in total. The van der Waals surface area contributed by atoms with Gasteiger partial charge in [0.2, 0.25) is 17.7 Å². The second-order valence-corrected chi connectivity index (χ2v) is 5.30. The molecule has 1 aliphatic heterocycles. The molecule has 7 nitrogen and oxygen atoms in total. The molecule has 1 atom stereocenters. The van der Waals surface area contributed by atoms with Crippen molar-refractivity contribution in [2.75, 3.05) is 24.5 Å². The zero-order chi connectivity index (χ0) is 16.1. The highest BCUT2D eigenvalue weighted by Crippen LogP contribution is 2.24. The highest BCUT2D eigenvalue weighted by Gasteiger charge is 2.33. The van der Waals surface area contributed by atoms with Crippen molar-refractivity contribution in [3.8, 4) is 0 Å². The first-order chi connectivity index (χ1) is 10.5. The number of amides is 3. The van der Waals surface area contributed by atoms with E-state index in [9.17, 15) is 14.4 Å². The van der Waals surface area contributed by atoms with E-state index in [2.05, 4.69) is 10.6 Å². The molecule has 1 unspecified atom stereocenters. The third-order valence-corrected chi connectivity index (χ3v) is 3.53. The molecule has 0 bridgehead atoms. The van der Waals surface area contributed by atoms with Crippen molar-refractivity contribution >= 4 is 35.0 Å². The molecule has 0 saturated carbocycles. The van der Waals surface area contributed by atoms with Crippen LogP contribution in [0.2, 0.25) is 5.02 Å². The van der Waals surface area contributed by atoms with Gasteiger partial charge in [-0.1, -0.05) is 17.7 Å². The molecule has 1 saturated heterocycles. The largest absolute Gasteiger partial charge is 0.346 e. The van der Waals surface area contributed by atoms with Gasteiger partial charge in [-0.25, -0.2) is 0 Å². The first kappa shape index (κ1) is 16.3. The van der Waals surface area contributed by atoms with Crippen LogP contribution in [0, 0.1) is 0 Å². The topological polar surface area (TPSA) is 105 Å². The maximum Gasteiger partial charge on any atom is 0.249 e. The maximum absolute atomic E-state index is 12.3. The number of benzene rings is 1. The van der Waals surface area contributed by atoms with Crippen molar-refractivity contribution in [1.29, 1.82) is 0 Å². The minimum Gasteiger partial charge on any atom is -0.346 e. The highest BCUT2D eigenvalue weighted by atomic mass is 35.5. The van der Waals surface area contributed by atoms with Crippen molar-refractivity contribution in [3.05, 3.63) is 29.3 Å². The third kappa shape index (κ3) is 3.96.